The molecule has 1 heterocycles. The molecule has 2 aromatic carbocycles. The fourth-order valence-corrected chi connectivity index (χ4v) is 3.29. The van der Waals surface area contributed by atoms with Gasteiger partial charge in [0, 0.05) is 5.75 Å². The molecule has 0 unspecified atom stereocenters. The highest BCUT2D eigenvalue weighted by Crippen LogP contribution is 2.23. The predicted molar refractivity (Wildman–Crippen MR) is 93.1 cm³/mol. The molecule has 4 heteroatoms. The van der Waals surface area contributed by atoms with E-state index in [4.69, 9.17) is 4.98 Å². The van der Waals surface area contributed by atoms with Crippen molar-refractivity contribution in [3.63, 3.8) is 0 Å². The quantitative estimate of drug-likeness (QED) is 0.535. The van der Waals surface area contributed by atoms with Gasteiger partial charge in [-0.05, 0) is 37.1 Å². The Kier molecular flexibility index (Phi) is 4.29. The summed E-state index contributed by atoms with van der Waals surface area (Å²) in [7, 11) is 0. The smallest absolute Gasteiger partial charge is 0.266 e. The summed E-state index contributed by atoms with van der Waals surface area (Å²) in [5.41, 5.74) is 2.74. The van der Waals surface area contributed by atoms with Crippen LogP contribution in [-0.2, 0) is 0 Å². The molecule has 0 spiro atoms. The number of hydrogen-bond acceptors (Lipinski definition) is 3. The summed E-state index contributed by atoms with van der Waals surface area (Å²) >= 11 is 1.63. The Morgan fingerprint density at radius 1 is 1.09 bits per heavy atom. The van der Waals surface area contributed by atoms with E-state index in [0.29, 0.717) is 5.39 Å². The summed E-state index contributed by atoms with van der Waals surface area (Å²) in [6.07, 6.45) is 1.04. The number of rotatable bonds is 4. The Bertz CT molecular complexity index is 870. The maximum atomic E-state index is 13.0. The van der Waals surface area contributed by atoms with Gasteiger partial charge in [-0.25, -0.2) is 4.98 Å². The Labute approximate surface area is 134 Å². The van der Waals surface area contributed by atoms with Crippen LogP contribution in [0.25, 0.3) is 16.6 Å². The first kappa shape index (κ1) is 14.9. The summed E-state index contributed by atoms with van der Waals surface area (Å²) in [4.78, 5) is 17.7. The van der Waals surface area contributed by atoms with Crippen molar-refractivity contribution < 1.29 is 0 Å². The lowest BCUT2D eigenvalue weighted by Crippen LogP contribution is -2.22. The van der Waals surface area contributed by atoms with Crippen LogP contribution in [0.5, 0.6) is 0 Å². The molecule has 0 saturated carbocycles. The van der Waals surface area contributed by atoms with Gasteiger partial charge >= 0.3 is 0 Å². The summed E-state index contributed by atoms with van der Waals surface area (Å²) in [6.45, 7) is 4.15. The van der Waals surface area contributed by atoms with Crippen LogP contribution in [0.4, 0.5) is 0 Å². The molecule has 22 heavy (non-hydrogen) atoms. The van der Waals surface area contributed by atoms with E-state index in [1.54, 1.807) is 16.3 Å². The average Bonchev–Trinajstić information content (AvgIpc) is 2.54. The van der Waals surface area contributed by atoms with Crippen molar-refractivity contribution >= 4 is 22.7 Å². The SMILES string of the molecule is CCCSc1nc2ccccc2c(=O)n1-c1ccccc1C. The lowest BCUT2D eigenvalue weighted by atomic mass is 10.2. The van der Waals surface area contributed by atoms with Gasteiger partial charge in [0.1, 0.15) is 0 Å². The zero-order chi connectivity index (χ0) is 15.5. The molecule has 3 nitrogen and oxygen atoms in total. The van der Waals surface area contributed by atoms with Gasteiger partial charge in [-0.3, -0.25) is 9.36 Å². The molecule has 3 aromatic rings. The zero-order valence-corrected chi connectivity index (χ0v) is 13.6. The molecule has 0 bridgehead atoms. The number of aromatic nitrogens is 2. The molecule has 3 rings (SSSR count). The Morgan fingerprint density at radius 2 is 1.82 bits per heavy atom. The third kappa shape index (κ3) is 2.66. The third-order valence-corrected chi connectivity index (χ3v) is 4.68. The minimum Gasteiger partial charge on any atom is -0.268 e. The largest absolute Gasteiger partial charge is 0.268 e. The zero-order valence-electron chi connectivity index (χ0n) is 12.7. The summed E-state index contributed by atoms with van der Waals surface area (Å²) < 4.78 is 1.75. The van der Waals surface area contributed by atoms with Gasteiger partial charge in [-0.2, -0.15) is 0 Å². The van der Waals surface area contributed by atoms with Crippen molar-refractivity contribution in [2.75, 3.05) is 5.75 Å². The molecular formula is C18H18N2OS. The number of benzene rings is 2. The van der Waals surface area contributed by atoms with E-state index in [1.165, 1.54) is 0 Å². The van der Waals surface area contributed by atoms with Gasteiger partial charge < -0.3 is 0 Å². The maximum absolute atomic E-state index is 13.0. The van der Waals surface area contributed by atoms with Gasteiger partial charge in [0.15, 0.2) is 5.16 Å². The van der Waals surface area contributed by atoms with E-state index in [-0.39, 0.29) is 5.56 Å². The van der Waals surface area contributed by atoms with Crippen molar-refractivity contribution in [2.24, 2.45) is 0 Å². The first-order chi connectivity index (χ1) is 10.7. The number of fused-ring (bicyclic) bond motifs is 1. The second-order valence-electron chi connectivity index (χ2n) is 5.19. The fourth-order valence-electron chi connectivity index (χ4n) is 2.43. The van der Waals surface area contributed by atoms with Crippen LogP contribution in [0.2, 0.25) is 0 Å². The summed E-state index contributed by atoms with van der Waals surface area (Å²) in [5, 5.41) is 1.42. The lowest BCUT2D eigenvalue weighted by molar-refractivity contribution is 0.813. The van der Waals surface area contributed by atoms with Gasteiger partial charge in [0.25, 0.3) is 5.56 Å². The predicted octanol–water partition coefficient (Wildman–Crippen LogP) is 4.20. The molecule has 0 aliphatic carbocycles. The van der Waals surface area contributed by atoms with Gasteiger partial charge in [-0.1, -0.05) is 49.0 Å². The topological polar surface area (TPSA) is 34.9 Å². The Balaban J connectivity index is 2.33. The molecular weight excluding hydrogens is 292 g/mol. The standard InChI is InChI=1S/C18H18N2OS/c1-3-12-22-18-19-15-10-6-5-9-14(15)17(21)20(18)16-11-7-4-8-13(16)2/h4-11H,3,12H2,1-2H3. The van der Waals surface area contributed by atoms with Crippen molar-refractivity contribution in [1.29, 1.82) is 0 Å². The fraction of sp³-hybridized carbons (Fsp3) is 0.222. The van der Waals surface area contributed by atoms with E-state index in [1.807, 2.05) is 55.5 Å². The van der Waals surface area contributed by atoms with E-state index in [2.05, 4.69) is 6.92 Å². The molecule has 1 aromatic heterocycles. The molecule has 0 atom stereocenters. The molecule has 0 saturated heterocycles. The second-order valence-corrected chi connectivity index (χ2v) is 6.25. The van der Waals surface area contributed by atoms with Crippen molar-refractivity contribution in [2.45, 2.75) is 25.4 Å². The third-order valence-electron chi connectivity index (χ3n) is 3.54. The molecule has 0 amide bonds. The highest BCUT2D eigenvalue weighted by atomic mass is 32.2. The van der Waals surface area contributed by atoms with Gasteiger partial charge in [0.05, 0.1) is 16.6 Å². The van der Waals surface area contributed by atoms with Crippen LogP contribution in [0, 0.1) is 6.92 Å². The van der Waals surface area contributed by atoms with E-state index in [0.717, 1.165) is 34.1 Å². The highest BCUT2D eigenvalue weighted by molar-refractivity contribution is 7.99. The van der Waals surface area contributed by atoms with Crippen molar-refractivity contribution in [1.82, 2.24) is 9.55 Å². The van der Waals surface area contributed by atoms with Crippen molar-refractivity contribution in [3.8, 4) is 5.69 Å². The number of nitrogens with zero attached hydrogens (tertiary/aromatic N) is 2. The second kappa shape index (κ2) is 6.36. The molecule has 0 N–H and O–H groups in total. The van der Waals surface area contributed by atoms with Crippen LogP contribution < -0.4 is 5.56 Å². The van der Waals surface area contributed by atoms with E-state index < -0.39 is 0 Å². The lowest BCUT2D eigenvalue weighted by Gasteiger charge is -2.14. The Morgan fingerprint density at radius 3 is 2.59 bits per heavy atom. The van der Waals surface area contributed by atoms with Crippen molar-refractivity contribution in [3.05, 3.63) is 64.4 Å². The highest BCUT2D eigenvalue weighted by Gasteiger charge is 2.13. The molecule has 0 aliphatic heterocycles. The van der Waals surface area contributed by atoms with Crippen LogP contribution in [-0.4, -0.2) is 15.3 Å². The summed E-state index contributed by atoms with van der Waals surface area (Å²) in [6, 6.07) is 15.5. The number of thioether (sulfide) groups is 1. The van der Waals surface area contributed by atoms with E-state index >= 15 is 0 Å². The Hall–Kier alpha value is -2.07. The maximum Gasteiger partial charge on any atom is 0.266 e. The summed E-state index contributed by atoms with van der Waals surface area (Å²) in [5.74, 6) is 0.941. The van der Waals surface area contributed by atoms with Crippen LogP contribution in [0.1, 0.15) is 18.9 Å². The minimum atomic E-state index is -0.00139. The molecule has 0 fully saturated rings. The van der Waals surface area contributed by atoms with Crippen LogP contribution in [0.3, 0.4) is 0 Å². The number of aryl methyl sites for hydroxylation is 1. The first-order valence-electron chi connectivity index (χ1n) is 7.43. The average molecular weight is 310 g/mol. The van der Waals surface area contributed by atoms with Crippen LogP contribution in [0.15, 0.2) is 58.5 Å². The number of hydrogen-bond donors (Lipinski definition) is 0. The monoisotopic (exact) mass is 310 g/mol. The van der Waals surface area contributed by atoms with E-state index in [9.17, 15) is 4.79 Å². The molecule has 0 aliphatic rings. The number of para-hydroxylation sites is 2. The minimum absolute atomic E-state index is 0.00139. The van der Waals surface area contributed by atoms with Crippen LogP contribution >= 0.6 is 11.8 Å². The normalized spacial score (nSPS) is 11.0. The van der Waals surface area contributed by atoms with Gasteiger partial charge in [0.2, 0.25) is 0 Å². The molecule has 0 radical (unpaired) electrons. The molecule has 112 valence electrons. The van der Waals surface area contributed by atoms with Gasteiger partial charge in [-0.15, -0.1) is 0 Å². The first-order valence-corrected chi connectivity index (χ1v) is 8.41.